The lowest BCUT2D eigenvalue weighted by atomic mass is 9.99. The van der Waals surface area contributed by atoms with Crippen LogP contribution in [0.25, 0.3) is 0 Å². The Balaban J connectivity index is 2.32. The third-order valence-corrected chi connectivity index (χ3v) is 4.32. The number of hydrogen-bond donors (Lipinski definition) is 0. The second kappa shape index (κ2) is 10.3. The highest BCUT2D eigenvalue weighted by Gasteiger charge is 2.31. The van der Waals surface area contributed by atoms with Gasteiger partial charge in [-0.05, 0) is 31.5 Å². The Bertz CT molecular complexity index is 1020. The molecule has 0 unspecified atom stereocenters. The van der Waals surface area contributed by atoms with Crippen molar-refractivity contribution in [2.75, 3.05) is 14.2 Å². The maximum absolute atomic E-state index is 13.0. The van der Waals surface area contributed by atoms with Gasteiger partial charge in [-0.15, -0.1) is 0 Å². The van der Waals surface area contributed by atoms with Crippen molar-refractivity contribution in [3.8, 4) is 0 Å². The number of aryl methyl sites for hydroxylation is 1. The van der Waals surface area contributed by atoms with Gasteiger partial charge in [-0.2, -0.15) is 13.2 Å². The molecule has 0 amide bonds. The molecule has 1 aromatic carbocycles. The molecule has 11 heteroatoms. The number of benzene rings is 1. The molecular weight excluding hydrogens is 439 g/mol. The van der Waals surface area contributed by atoms with E-state index in [1.54, 1.807) is 25.1 Å². The second-order valence-corrected chi connectivity index (χ2v) is 6.61. The molecule has 1 heterocycles. The van der Waals surface area contributed by atoms with Gasteiger partial charge in [0.2, 0.25) is 0 Å². The maximum atomic E-state index is 13.0. The van der Waals surface area contributed by atoms with Gasteiger partial charge in [0.1, 0.15) is 24.6 Å². The van der Waals surface area contributed by atoms with Gasteiger partial charge in [0.15, 0.2) is 5.71 Å². The van der Waals surface area contributed by atoms with E-state index in [0.717, 1.165) is 17.7 Å². The topological polar surface area (TPSA) is 82.4 Å². The fourth-order valence-electron chi connectivity index (χ4n) is 2.59. The van der Waals surface area contributed by atoms with Gasteiger partial charge in [-0.1, -0.05) is 40.1 Å². The number of rotatable bonds is 7. The molecule has 0 aliphatic heterocycles. The zero-order chi connectivity index (χ0) is 23.2. The molecule has 166 valence electrons. The predicted octanol–water partition coefficient (Wildman–Crippen LogP) is 4.53. The molecule has 0 aliphatic carbocycles. The number of aromatic nitrogens is 1. The summed E-state index contributed by atoms with van der Waals surface area (Å²) in [6.07, 6.45) is -4.58. The Labute approximate surface area is 181 Å². The van der Waals surface area contributed by atoms with Crippen LogP contribution in [0.1, 0.15) is 34.9 Å². The number of nitrogens with zero attached hydrogens (tertiary/aromatic N) is 3. The zero-order valence-corrected chi connectivity index (χ0v) is 17.8. The van der Waals surface area contributed by atoms with Crippen LogP contribution in [0.2, 0.25) is 5.15 Å². The minimum absolute atomic E-state index is 0.0701. The van der Waals surface area contributed by atoms with E-state index >= 15 is 0 Å². The third-order valence-electron chi connectivity index (χ3n) is 4.13. The molecule has 2 rings (SSSR count). The standard InChI is InChI=1S/C20H19ClF3N3O4/c1-11-6-5-7-14(18(27-30-4)19(28)29-3)15(11)10-31-26-12(2)16-8-13(20(22,23)24)9-17(21)25-16/h5-9H,10H2,1-4H3/b26-12+,27-18+. The van der Waals surface area contributed by atoms with Crippen molar-refractivity contribution in [3.63, 3.8) is 0 Å². The van der Waals surface area contributed by atoms with Crippen LogP contribution in [0.5, 0.6) is 0 Å². The van der Waals surface area contributed by atoms with Crippen LogP contribution in [0.15, 0.2) is 40.6 Å². The predicted molar refractivity (Wildman–Crippen MR) is 108 cm³/mol. The first-order valence-corrected chi connectivity index (χ1v) is 9.16. The van der Waals surface area contributed by atoms with Crippen LogP contribution < -0.4 is 0 Å². The summed E-state index contributed by atoms with van der Waals surface area (Å²) in [5.74, 6) is -0.712. The molecule has 0 spiro atoms. The van der Waals surface area contributed by atoms with Gasteiger partial charge in [0.25, 0.3) is 0 Å². The van der Waals surface area contributed by atoms with Gasteiger partial charge in [0.05, 0.1) is 18.4 Å². The number of pyridine rings is 1. The van der Waals surface area contributed by atoms with Crippen LogP contribution in [-0.4, -0.2) is 36.6 Å². The summed E-state index contributed by atoms with van der Waals surface area (Å²) in [7, 11) is 2.50. The van der Waals surface area contributed by atoms with Crippen molar-refractivity contribution in [1.82, 2.24) is 4.98 Å². The monoisotopic (exact) mass is 457 g/mol. The molecule has 0 saturated heterocycles. The fraction of sp³-hybridized carbons (Fsp3) is 0.300. The Hall–Kier alpha value is -3.14. The number of alkyl halides is 3. The number of hydrogen-bond acceptors (Lipinski definition) is 7. The number of ether oxygens (including phenoxy) is 1. The summed E-state index contributed by atoms with van der Waals surface area (Å²) in [6, 6.07) is 6.68. The molecular formula is C20H19ClF3N3O4. The highest BCUT2D eigenvalue weighted by molar-refractivity contribution is 6.43. The van der Waals surface area contributed by atoms with Gasteiger partial charge in [0, 0.05) is 11.1 Å². The average molecular weight is 458 g/mol. The second-order valence-electron chi connectivity index (χ2n) is 6.23. The van der Waals surface area contributed by atoms with E-state index in [1.807, 2.05) is 0 Å². The number of methoxy groups -OCH3 is 1. The summed E-state index contributed by atoms with van der Waals surface area (Å²) >= 11 is 5.70. The van der Waals surface area contributed by atoms with Crippen molar-refractivity contribution in [3.05, 3.63) is 63.4 Å². The first-order chi connectivity index (χ1) is 14.6. The Morgan fingerprint density at radius 3 is 2.52 bits per heavy atom. The smallest absolute Gasteiger partial charge is 0.416 e. The largest absolute Gasteiger partial charge is 0.464 e. The van der Waals surface area contributed by atoms with Crippen LogP contribution >= 0.6 is 11.6 Å². The van der Waals surface area contributed by atoms with Crippen molar-refractivity contribution in [2.45, 2.75) is 26.6 Å². The van der Waals surface area contributed by atoms with Gasteiger partial charge in [-0.25, -0.2) is 9.78 Å². The van der Waals surface area contributed by atoms with Crippen LogP contribution in [-0.2, 0) is 32.0 Å². The molecule has 7 nitrogen and oxygen atoms in total. The lowest BCUT2D eigenvalue weighted by molar-refractivity contribution is -0.137. The molecule has 0 saturated carbocycles. The summed E-state index contributed by atoms with van der Waals surface area (Å²) in [6.45, 7) is 3.12. The molecule has 2 aromatic rings. The van der Waals surface area contributed by atoms with Crippen molar-refractivity contribution < 1.29 is 32.4 Å². The minimum atomic E-state index is -4.58. The quantitative estimate of drug-likeness (QED) is 0.264. The number of esters is 1. The summed E-state index contributed by atoms with van der Waals surface area (Å²) < 4.78 is 43.7. The normalized spacial score (nSPS) is 12.5. The van der Waals surface area contributed by atoms with Crippen molar-refractivity contribution in [1.29, 1.82) is 0 Å². The lowest BCUT2D eigenvalue weighted by Crippen LogP contribution is -2.20. The summed E-state index contributed by atoms with van der Waals surface area (Å²) in [5, 5.41) is 7.25. The number of carbonyl (C=O) groups excluding carboxylic acids is 1. The van der Waals surface area contributed by atoms with E-state index in [0.29, 0.717) is 11.1 Å². The highest BCUT2D eigenvalue weighted by Crippen LogP contribution is 2.31. The number of oxime groups is 2. The highest BCUT2D eigenvalue weighted by atomic mass is 35.5. The molecule has 0 fully saturated rings. The van der Waals surface area contributed by atoms with E-state index in [4.69, 9.17) is 26.0 Å². The number of halogens is 4. The van der Waals surface area contributed by atoms with Crippen molar-refractivity contribution >= 4 is 29.0 Å². The fourth-order valence-corrected chi connectivity index (χ4v) is 2.80. The van der Waals surface area contributed by atoms with Crippen molar-refractivity contribution in [2.24, 2.45) is 10.3 Å². The molecule has 0 atom stereocenters. The van der Waals surface area contributed by atoms with Gasteiger partial charge in [-0.3, -0.25) is 0 Å². The molecule has 1 aromatic heterocycles. The average Bonchev–Trinajstić information content (AvgIpc) is 2.71. The van der Waals surface area contributed by atoms with Crippen LogP contribution in [0.4, 0.5) is 13.2 Å². The van der Waals surface area contributed by atoms with Gasteiger partial charge >= 0.3 is 12.1 Å². The SMILES string of the molecule is CO/N=C(/C(=O)OC)c1cccc(C)c1CO/N=C(\C)c1cc(C(F)(F)F)cc(Cl)n1. The Morgan fingerprint density at radius 1 is 1.19 bits per heavy atom. The lowest BCUT2D eigenvalue weighted by Gasteiger charge is -2.13. The summed E-state index contributed by atoms with van der Waals surface area (Å²) in [5.41, 5.74) is 0.717. The zero-order valence-electron chi connectivity index (χ0n) is 17.1. The molecule has 0 N–H and O–H groups in total. The first-order valence-electron chi connectivity index (χ1n) is 8.78. The van der Waals surface area contributed by atoms with Gasteiger partial charge < -0.3 is 14.4 Å². The first kappa shape index (κ1) is 24.1. The van der Waals surface area contributed by atoms with E-state index in [9.17, 15) is 18.0 Å². The molecule has 31 heavy (non-hydrogen) atoms. The summed E-state index contributed by atoms with van der Waals surface area (Å²) in [4.78, 5) is 26.0. The molecule has 0 bridgehead atoms. The Kier molecular flexibility index (Phi) is 7.98. The van der Waals surface area contributed by atoms with E-state index < -0.39 is 17.7 Å². The minimum Gasteiger partial charge on any atom is -0.464 e. The van der Waals surface area contributed by atoms with E-state index in [-0.39, 0.29) is 28.9 Å². The van der Waals surface area contributed by atoms with E-state index in [2.05, 4.69) is 15.3 Å². The third kappa shape index (κ3) is 6.17. The Morgan fingerprint density at radius 2 is 1.90 bits per heavy atom. The molecule has 0 radical (unpaired) electrons. The number of carbonyl (C=O) groups is 1. The maximum Gasteiger partial charge on any atom is 0.416 e. The van der Waals surface area contributed by atoms with E-state index in [1.165, 1.54) is 21.1 Å². The van der Waals surface area contributed by atoms with Crippen LogP contribution in [0.3, 0.4) is 0 Å². The molecule has 0 aliphatic rings. The van der Waals surface area contributed by atoms with Crippen LogP contribution in [0, 0.1) is 6.92 Å².